The number of hydrogen-bond acceptors (Lipinski definition) is 4. The van der Waals surface area contributed by atoms with Crippen molar-refractivity contribution in [2.45, 2.75) is 26.3 Å². The zero-order valence-electron chi connectivity index (χ0n) is 10.8. The van der Waals surface area contributed by atoms with Crippen molar-refractivity contribution in [2.24, 2.45) is 0 Å². The molecule has 2 aromatic rings. The smallest absolute Gasteiger partial charge is 0.223 e. The zero-order valence-corrected chi connectivity index (χ0v) is 11.5. The topological polar surface area (TPSA) is 51.0 Å². The number of aromatic nitrogens is 2. The second-order valence-electron chi connectivity index (χ2n) is 4.32. The molecule has 19 heavy (non-hydrogen) atoms. The van der Waals surface area contributed by atoms with E-state index in [1.807, 2.05) is 6.92 Å². The SMILES string of the molecule is Cc1nc(CCNC(C)c2ccc(F)cc2Cl)no1. The van der Waals surface area contributed by atoms with Crippen LogP contribution in [0.1, 0.15) is 30.2 Å². The predicted molar refractivity (Wildman–Crippen MR) is 70.6 cm³/mol. The molecule has 0 spiro atoms. The fraction of sp³-hybridized carbons (Fsp3) is 0.385. The molecule has 0 aliphatic rings. The van der Waals surface area contributed by atoms with Gasteiger partial charge in [-0.25, -0.2) is 4.39 Å². The van der Waals surface area contributed by atoms with Crippen molar-refractivity contribution in [2.75, 3.05) is 6.54 Å². The van der Waals surface area contributed by atoms with E-state index < -0.39 is 0 Å². The fourth-order valence-electron chi connectivity index (χ4n) is 1.81. The van der Waals surface area contributed by atoms with Crippen LogP contribution in [0.2, 0.25) is 5.02 Å². The van der Waals surface area contributed by atoms with E-state index in [-0.39, 0.29) is 11.9 Å². The molecule has 2 rings (SSSR count). The van der Waals surface area contributed by atoms with Crippen molar-refractivity contribution < 1.29 is 8.91 Å². The summed E-state index contributed by atoms with van der Waals surface area (Å²) >= 11 is 6.00. The van der Waals surface area contributed by atoms with Crippen molar-refractivity contribution in [1.29, 1.82) is 0 Å². The average molecular weight is 284 g/mol. The molecule has 1 unspecified atom stereocenters. The third kappa shape index (κ3) is 3.75. The Morgan fingerprint density at radius 1 is 1.47 bits per heavy atom. The first-order valence-electron chi connectivity index (χ1n) is 6.04. The van der Waals surface area contributed by atoms with Gasteiger partial charge in [-0.2, -0.15) is 4.98 Å². The molecular weight excluding hydrogens is 269 g/mol. The summed E-state index contributed by atoms with van der Waals surface area (Å²) in [7, 11) is 0. The van der Waals surface area contributed by atoms with Crippen molar-refractivity contribution in [3.05, 3.63) is 46.3 Å². The molecule has 4 nitrogen and oxygen atoms in total. The van der Waals surface area contributed by atoms with Crippen LogP contribution in [0.4, 0.5) is 4.39 Å². The van der Waals surface area contributed by atoms with E-state index in [0.717, 1.165) is 5.56 Å². The Morgan fingerprint density at radius 3 is 2.89 bits per heavy atom. The van der Waals surface area contributed by atoms with Crippen molar-refractivity contribution in [3.63, 3.8) is 0 Å². The van der Waals surface area contributed by atoms with Crippen LogP contribution >= 0.6 is 11.6 Å². The predicted octanol–water partition coefficient (Wildman–Crippen LogP) is 3.06. The Labute approximate surface area is 116 Å². The van der Waals surface area contributed by atoms with Gasteiger partial charge in [-0.05, 0) is 24.6 Å². The van der Waals surface area contributed by atoms with E-state index in [2.05, 4.69) is 15.5 Å². The molecule has 102 valence electrons. The van der Waals surface area contributed by atoms with Gasteiger partial charge in [-0.3, -0.25) is 0 Å². The molecule has 0 amide bonds. The second-order valence-corrected chi connectivity index (χ2v) is 4.73. The van der Waals surface area contributed by atoms with Gasteiger partial charge in [0.1, 0.15) is 5.82 Å². The summed E-state index contributed by atoms with van der Waals surface area (Å²) < 4.78 is 17.8. The Kier molecular flexibility index (Phi) is 4.50. The van der Waals surface area contributed by atoms with Gasteiger partial charge >= 0.3 is 0 Å². The Morgan fingerprint density at radius 2 is 2.26 bits per heavy atom. The van der Waals surface area contributed by atoms with Crippen LogP contribution in [-0.4, -0.2) is 16.7 Å². The maximum absolute atomic E-state index is 13.0. The van der Waals surface area contributed by atoms with Crippen molar-refractivity contribution in [1.82, 2.24) is 15.5 Å². The van der Waals surface area contributed by atoms with E-state index in [9.17, 15) is 4.39 Å². The summed E-state index contributed by atoms with van der Waals surface area (Å²) in [5.74, 6) is 0.898. The molecule has 6 heteroatoms. The lowest BCUT2D eigenvalue weighted by molar-refractivity contribution is 0.386. The standard InChI is InChI=1S/C13H15ClFN3O/c1-8(11-4-3-10(15)7-12(11)14)16-6-5-13-17-9(2)19-18-13/h3-4,7-8,16H,5-6H2,1-2H3. The molecule has 1 N–H and O–H groups in total. The third-order valence-corrected chi connectivity index (χ3v) is 3.13. The number of rotatable bonds is 5. The van der Waals surface area contributed by atoms with Gasteiger partial charge in [-0.15, -0.1) is 0 Å². The number of nitrogens with one attached hydrogen (secondary N) is 1. The van der Waals surface area contributed by atoms with Gasteiger partial charge in [0.2, 0.25) is 5.89 Å². The van der Waals surface area contributed by atoms with Gasteiger partial charge in [0.15, 0.2) is 5.82 Å². The van der Waals surface area contributed by atoms with Crippen LogP contribution in [0, 0.1) is 12.7 Å². The van der Waals surface area contributed by atoms with Crippen LogP contribution in [0.5, 0.6) is 0 Å². The van der Waals surface area contributed by atoms with Crippen molar-refractivity contribution >= 4 is 11.6 Å². The van der Waals surface area contributed by atoms with Gasteiger partial charge in [0.05, 0.1) is 0 Å². The zero-order chi connectivity index (χ0) is 13.8. The molecule has 0 aliphatic heterocycles. The van der Waals surface area contributed by atoms with E-state index in [0.29, 0.717) is 29.7 Å². The van der Waals surface area contributed by atoms with E-state index in [1.165, 1.54) is 12.1 Å². The van der Waals surface area contributed by atoms with Gasteiger partial charge in [0, 0.05) is 31.0 Å². The quantitative estimate of drug-likeness (QED) is 0.916. The lowest BCUT2D eigenvalue weighted by Crippen LogP contribution is -2.22. The van der Waals surface area contributed by atoms with Gasteiger partial charge < -0.3 is 9.84 Å². The maximum atomic E-state index is 13.0. The normalized spacial score (nSPS) is 12.6. The van der Waals surface area contributed by atoms with Crippen LogP contribution < -0.4 is 5.32 Å². The number of benzene rings is 1. The first kappa shape index (κ1) is 14.0. The van der Waals surface area contributed by atoms with Gasteiger partial charge in [0.25, 0.3) is 0 Å². The molecule has 1 aromatic heterocycles. The first-order chi connectivity index (χ1) is 9.06. The largest absolute Gasteiger partial charge is 0.340 e. The number of aryl methyl sites for hydroxylation is 1. The molecular formula is C13H15ClFN3O. The summed E-state index contributed by atoms with van der Waals surface area (Å²) in [6.07, 6.45) is 0.667. The van der Waals surface area contributed by atoms with Crippen LogP contribution in [-0.2, 0) is 6.42 Å². The van der Waals surface area contributed by atoms with E-state index in [1.54, 1.807) is 13.0 Å². The highest BCUT2D eigenvalue weighted by molar-refractivity contribution is 6.31. The molecule has 0 saturated heterocycles. The summed E-state index contributed by atoms with van der Waals surface area (Å²) in [6, 6.07) is 4.44. The Bertz CT molecular complexity index is 559. The first-order valence-corrected chi connectivity index (χ1v) is 6.41. The van der Waals surface area contributed by atoms with E-state index >= 15 is 0 Å². The lowest BCUT2D eigenvalue weighted by Gasteiger charge is -2.15. The highest BCUT2D eigenvalue weighted by Gasteiger charge is 2.10. The summed E-state index contributed by atoms with van der Waals surface area (Å²) in [5, 5.41) is 7.53. The Hall–Kier alpha value is -1.46. The van der Waals surface area contributed by atoms with Gasteiger partial charge in [-0.1, -0.05) is 22.8 Å². The molecule has 1 aromatic carbocycles. The molecule has 1 heterocycles. The number of nitrogens with zero attached hydrogens (tertiary/aromatic N) is 2. The molecule has 0 aliphatic carbocycles. The minimum atomic E-state index is -0.330. The maximum Gasteiger partial charge on any atom is 0.223 e. The monoisotopic (exact) mass is 283 g/mol. The summed E-state index contributed by atoms with van der Waals surface area (Å²) in [4.78, 5) is 4.12. The van der Waals surface area contributed by atoms with Crippen LogP contribution in [0.15, 0.2) is 22.7 Å². The van der Waals surface area contributed by atoms with Crippen LogP contribution in [0.3, 0.4) is 0 Å². The van der Waals surface area contributed by atoms with E-state index in [4.69, 9.17) is 16.1 Å². The number of hydrogen-bond donors (Lipinski definition) is 1. The second kappa shape index (κ2) is 6.12. The minimum Gasteiger partial charge on any atom is -0.340 e. The summed E-state index contributed by atoms with van der Waals surface area (Å²) in [5.41, 5.74) is 0.868. The highest BCUT2D eigenvalue weighted by Crippen LogP contribution is 2.23. The third-order valence-electron chi connectivity index (χ3n) is 2.80. The Balaban J connectivity index is 1.88. The van der Waals surface area contributed by atoms with Crippen LogP contribution in [0.25, 0.3) is 0 Å². The molecule has 0 fully saturated rings. The molecule has 1 atom stereocenters. The molecule has 0 radical (unpaired) electrons. The van der Waals surface area contributed by atoms with Crippen molar-refractivity contribution in [3.8, 4) is 0 Å². The fourth-order valence-corrected chi connectivity index (χ4v) is 2.14. The highest BCUT2D eigenvalue weighted by atomic mass is 35.5. The minimum absolute atomic E-state index is 0.0288. The average Bonchev–Trinajstić information content (AvgIpc) is 2.75. The molecule has 0 saturated carbocycles. The lowest BCUT2D eigenvalue weighted by atomic mass is 10.1. The summed E-state index contributed by atoms with van der Waals surface area (Å²) in [6.45, 7) is 4.42. The number of halogens is 2. The molecule has 0 bridgehead atoms.